The summed E-state index contributed by atoms with van der Waals surface area (Å²) in [5.74, 6) is -2.45. The van der Waals surface area contributed by atoms with Crippen LogP contribution < -0.4 is 10.6 Å². The van der Waals surface area contributed by atoms with Gasteiger partial charge in [-0.05, 0) is 75.6 Å². The number of halogens is 3. The summed E-state index contributed by atoms with van der Waals surface area (Å²) in [6, 6.07) is 8.26. The van der Waals surface area contributed by atoms with Gasteiger partial charge in [-0.25, -0.2) is 4.39 Å². The molecule has 0 bridgehead atoms. The molecule has 3 aliphatic rings. The molecule has 266 valence electrons. The molecule has 3 N–H and O–H groups in total. The van der Waals surface area contributed by atoms with Crippen molar-refractivity contribution in [3.8, 4) is 0 Å². The van der Waals surface area contributed by atoms with Crippen molar-refractivity contribution in [3.63, 3.8) is 0 Å². The van der Waals surface area contributed by atoms with E-state index in [2.05, 4.69) is 15.5 Å². The van der Waals surface area contributed by atoms with Crippen LogP contribution in [0.1, 0.15) is 76.3 Å². The quantitative estimate of drug-likeness (QED) is 0.300. The number of nitrogens with one attached hydrogen (secondary N) is 2. The zero-order chi connectivity index (χ0) is 35.3. The number of anilines is 1. The maximum absolute atomic E-state index is 14.9. The number of hydrogen-bond acceptors (Lipinski definition) is 6. The second-order valence-corrected chi connectivity index (χ2v) is 14.7. The smallest absolute Gasteiger partial charge is 0.247 e. The van der Waals surface area contributed by atoms with E-state index >= 15 is 0 Å². The number of nitrogens with zero attached hydrogens (tertiary/aromatic N) is 3. The molecule has 0 aromatic heterocycles. The standard InChI is InChI=1S/C36H46Cl2FN5O5/c1-36(2)16-5-6-17-44(36)31(47)12-11-30(46)43-22-24-8-4-3-7-23(24)21-29(43)35(49)41-28(15-20-42-18-13-25(45)14-19-42)34(48)40-27-10-9-26(37)32(38)33(27)39/h3-4,7-10,25,28-29,45H,5-6,11-22H2,1-2H3,(H,40,48)(H,41,49)/t28-,29-/m0/s1. The molecule has 3 aliphatic heterocycles. The van der Waals surface area contributed by atoms with Crippen LogP contribution in [-0.2, 0) is 32.1 Å². The molecule has 0 aliphatic carbocycles. The summed E-state index contributed by atoms with van der Waals surface area (Å²) < 4.78 is 14.9. The van der Waals surface area contributed by atoms with Gasteiger partial charge in [0.05, 0.1) is 21.8 Å². The predicted molar refractivity (Wildman–Crippen MR) is 187 cm³/mol. The van der Waals surface area contributed by atoms with Gasteiger partial charge in [0.15, 0.2) is 5.82 Å². The Labute approximate surface area is 297 Å². The minimum absolute atomic E-state index is 0.00187. The lowest BCUT2D eigenvalue weighted by atomic mass is 9.90. The third-order valence-corrected chi connectivity index (χ3v) is 10.9. The van der Waals surface area contributed by atoms with Crippen LogP contribution in [0.2, 0.25) is 10.0 Å². The number of aliphatic hydroxyl groups is 1. The van der Waals surface area contributed by atoms with E-state index in [0.29, 0.717) is 39.0 Å². The minimum atomic E-state index is -1.08. The van der Waals surface area contributed by atoms with Crippen molar-refractivity contribution in [1.29, 1.82) is 0 Å². The van der Waals surface area contributed by atoms with Gasteiger partial charge in [0.1, 0.15) is 12.1 Å². The summed E-state index contributed by atoms with van der Waals surface area (Å²) in [5.41, 5.74) is 1.39. The lowest BCUT2D eigenvalue weighted by molar-refractivity contribution is -0.145. The number of carbonyl (C=O) groups is 4. The first-order chi connectivity index (χ1) is 23.3. The fourth-order valence-corrected chi connectivity index (χ4v) is 7.38. The highest BCUT2D eigenvalue weighted by molar-refractivity contribution is 6.42. The van der Waals surface area contributed by atoms with Gasteiger partial charge in [0.25, 0.3) is 0 Å². The number of hydrogen-bond donors (Lipinski definition) is 3. The van der Waals surface area contributed by atoms with Crippen LogP contribution in [0.15, 0.2) is 36.4 Å². The first-order valence-electron chi connectivity index (χ1n) is 17.2. The third-order valence-electron chi connectivity index (χ3n) is 10.1. The first-order valence-corrected chi connectivity index (χ1v) is 17.9. The van der Waals surface area contributed by atoms with Crippen molar-refractivity contribution >= 4 is 52.5 Å². The van der Waals surface area contributed by atoms with E-state index in [1.54, 1.807) is 0 Å². The summed E-state index contributed by atoms with van der Waals surface area (Å²) in [6.45, 7) is 6.67. The molecule has 2 saturated heterocycles. The first kappa shape index (κ1) is 37.0. The van der Waals surface area contributed by atoms with Gasteiger partial charge in [-0.3, -0.25) is 19.2 Å². The van der Waals surface area contributed by atoms with Gasteiger partial charge >= 0.3 is 0 Å². The second-order valence-electron chi connectivity index (χ2n) is 14.0. The Morgan fingerprint density at radius 3 is 2.39 bits per heavy atom. The largest absolute Gasteiger partial charge is 0.393 e. The van der Waals surface area contributed by atoms with Crippen LogP contribution in [0.25, 0.3) is 0 Å². The SMILES string of the molecule is CC1(C)CCCCN1C(=O)CCC(=O)N1Cc2ccccc2C[C@H]1C(=O)N[C@@H](CCN1CCC(O)CC1)C(=O)Nc1ccc(Cl)c(Cl)c1F. The number of carbonyl (C=O) groups excluding carboxylic acids is 4. The van der Waals surface area contributed by atoms with Gasteiger partial charge in [0, 0.05) is 57.5 Å². The zero-order valence-electron chi connectivity index (χ0n) is 28.2. The molecule has 2 fully saturated rings. The molecule has 2 aromatic carbocycles. The lowest BCUT2D eigenvalue weighted by Gasteiger charge is -2.42. The molecule has 4 amide bonds. The predicted octanol–water partition coefficient (Wildman–Crippen LogP) is 4.93. The molecule has 0 saturated carbocycles. The zero-order valence-corrected chi connectivity index (χ0v) is 29.7. The van der Waals surface area contributed by atoms with Crippen molar-refractivity contribution in [1.82, 2.24) is 20.0 Å². The fraction of sp³-hybridized carbons (Fsp3) is 0.556. The lowest BCUT2D eigenvalue weighted by Crippen LogP contribution is -2.56. The molecule has 2 atom stereocenters. The molecule has 0 unspecified atom stereocenters. The topological polar surface area (TPSA) is 122 Å². The molecule has 0 radical (unpaired) electrons. The highest BCUT2D eigenvalue weighted by atomic mass is 35.5. The Balaban J connectivity index is 1.33. The number of piperidine rings is 2. The maximum atomic E-state index is 14.9. The number of amides is 4. The molecule has 2 aromatic rings. The summed E-state index contributed by atoms with van der Waals surface area (Å²) >= 11 is 11.9. The molecule has 13 heteroatoms. The van der Waals surface area contributed by atoms with E-state index in [4.69, 9.17) is 23.2 Å². The minimum Gasteiger partial charge on any atom is -0.393 e. The summed E-state index contributed by atoms with van der Waals surface area (Å²) in [6.07, 6.45) is 4.17. The van der Waals surface area contributed by atoms with E-state index in [1.807, 2.05) is 43.0 Å². The van der Waals surface area contributed by atoms with Gasteiger partial charge in [-0.1, -0.05) is 47.5 Å². The van der Waals surface area contributed by atoms with Crippen LogP contribution in [0.4, 0.5) is 10.1 Å². The summed E-state index contributed by atoms with van der Waals surface area (Å²) in [7, 11) is 0. The molecule has 0 spiro atoms. The Hall–Kier alpha value is -3.25. The number of rotatable bonds is 10. The summed E-state index contributed by atoms with van der Waals surface area (Å²) in [4.78, 5) is 60.3. The van der Waals surface area contributed by atoms with Crippen LogP contribution >= 0.6 is 23.2 Å². The van der Waals surface area contributed by atoms with Gasteiger partial charge in [-0.15, -0.1) is 0 Å². The van der Waals surface area contributed by atoms with Crippen LogP contribution in [0, 0.1) is 5.82 Å². The van der Waals surface area contributed by atoms with E-state index < -0.39 is 29.7 Å². The number of fused-ring (bicyclic) bond motifs is 1. The highest BCUT2D eigenvalue weighted by Gasteiger charge is 2.38. The average molecular weight is 719 g/mol. The fourth-order valence-electron chi connectivity index (χ4n) is 7.07. The second kappa shape index (κ2) is 16.2. The van der Waals surface area contributed by atoms with Gasteiger partial charge in [0.2, 0.25) is 23.6 Å². The van der Waals surface area contributed by atoms with Crippen molar-refractivity contribution < 1.29 is 28.7 Å². The van der Waals surface area contributed by atoms with E-state index in [-0.39, 0.29) is 71.4 Å². The molecular weight excluding hydrogens is 672 g/mol. The van der Waals surface area contributed by atoms with E-state index in [9.17, 15) is 28.7 Å². The number of likely N-dealkylation sites (tertiary alicyclic amines) is 2. The van der Waals surface area contributed by atoms with Crippen LogP contribution in [-0.4, -0.2) is 93.3 Å². The third kappa shape index (κ3) is 9.11. The average Bonchev–Trinajstić information content (AvgIpc) is 3.08. The number of benzene rings is 2. The van der Waals surface area contributed by atoms with Crippen molar-refractivity contribution in [3.05, 3.63) is 63.4 Å². The maximum Gasteiger partial charge on any atom is 0.247 e. The molecule has 10 nitrogen and oxygen atoms in total. The highest BCUT2D eigenvalue weighted by Crippen LogP contribution is 2.31. The number of aliphatic hydroxyl groups excluding tert-OH is 1. The van der Waals surface area contributed by atoms with E-state index in [0.717, 1.165) is 30.4 Å². The molecule has 3 heterocycles. The Bertz CT molecular complexity index is 1550. The van der Waals surface area contributed by atoms with E-state index in [1.165, 1.54) is 17.0 Å². The normalized spacial score (nSPS) is 20.3. The summed E-state index contributed by atoms with van der Waals surface area (Å²) in [5, 5.41) is 15.0. The van der Waals surface area contributed by atoms with Crippen molar-refractivity contribution in [2.45, 2.75) is 102 Å². The van der Waals surface area contributed by atoms with Gasteiger partial charge in [-0.2, -0.15) is 0 Å². The van der Waals surface area contributed by atoms with Gasteiger partial charge < -0.3 is 30.4 Å². The Morgan fingerprint density at radius 1 is 0.980 bits per heavy atom. The molecular formula is C36H46Cl2FN5O5. The molecule has 49 heavy (non-hydrogen) atoms. The van der Waals surface area contributed by atoms with Crippen molar-refractivity contribution in [2.75, 3.05) is 31.5 Å². The monoisotopic (exact) mass is 717 g/mol. The van der Waals surface area contributed by atoms with Crippen LogP contribution in [0.3, 0.4) is 0 Å². The Morgan fingerprint density at radius 2 is 1.67 bits per heavy atom. The Kier molecular flexibility index (Phi) is 12.2. The van der Waals surface area contributed by atoms with Crippen LogP contribution in [0.5, 0.6) is 0 Å². The van der Waals surface area contributed by atoms with Crippen molar-refractivity contribution in [2.24, 2.45) is 0 Å². The molecule has 5 rings (SSSR count).